The summed E-state index contributed by atoms with van der Waals surface area (Å²) in [6.07, 6.45) is 3.59. The number of nitrogens with zero attached hydrogens (tertiary/aromatic N) is 1. The molecular formula is C17H25N. The van der Waals surface area contributed by atoms with Crippen molar-refractivity contribution in [1.29, 1.82) is 0 Å². The Morgan fingerprint density at radius 2 is 2.06 bits per heavy atom. The van der Waals surface area contributed by atoms with Gasteiger partial charge in [0, 0.05) is 17.9 Å². The largest absolute Gasteiger partial charge is 0.346 e. The molecule has 0 radical (unpaired) electrons. The van der Waals surface area contributed by atoms with Crippen molar-refractivity contribution in [3.63, 3.8) is 0 Å². The highest BCUT2D eigenvalue weighted by atomic mass is 15.1. The second-order valence-electron chi connectivity index (χ2n) is 6.69. The molecule has 0 bridgehead atoms. The lowest BCUT2D eigenvalue weighted by molar-refractivity contribution is 0.411. The van der Waals surface area contributed by atoms with E-state index in [0.717, 1.165) is 18.7 Å². The van der Waals surface area contributed by atoms with Crippen molar-refractivity contribution in [3.05, 3.63) is 41.6 Å². The summed E-state index contributed by atoms with van der Waals surface area (Å²) in [4.78, 5) is 2.35. The molecule has 0 unspecified atom stereocenters. The number of benzene rings is 1. The zero-order valence-electron chi connectivity index (χ0n) is 12.2. The van der Waals surface area contributed by atoms with E-state index in [1.54, 1.807) is 0 Å². The fraction of sp³-hybridized carbons (Fsp3) is 0.529. The zero-order chi connectivity index (χ0) is 13.3. The molecule has 98 valence electrons. The van der Waals surface area contributed by atoms with E-state index >= 15 is 0 Å². The second kappa shape index (κ2) is 4.79. The third-order valence-corrected chi connectivity index (χ3v) is 3.46. The molecule has 1 heteroatoms. The van der Waals surface area contributed by atoms with Crippen molar-refractivity contribution in [1.82, 2.24) is 0 Å². The highest BCUT2D eigenvalue weighted by Gasteiger charge is 2.18. The van der Waals surface area contributed by atoms with Crippen molar-refractivity contribution < 1.29 is 0 Å². The molecule has 0 N–H and O–H groups in total. The summed E-state index contributed by atoms with van der Waals surface area (Å²) in [7, 11) is 0. The van der Waals surface area contributed by atoms with Gasteiger partial charge >= 0.3 is 0 Å². The van der Waals surface area contributed by atoms with E-state index in [4.69, 9.17) is 0 Å². The maximum absolute atomic E-state index is 4.09. The topological polar surface area (TPSA) is 3.24 Å². The molecule has 0 spiro atoms. The minimum Gasteiger partial charge on any atom is -0.346 e. The number of anilines is 1. The summed E-state index contributed by atoms with van der Waals surface area (Å²) in [5.41, 5.74) is 5.83. The molecule has 2 rings (SSSR count). The van der Waals surface area contributed by atoms with Gasteiger partial charge in [-0.3, -0.25) is 0 Å². The summed E-state index contributed by atoms with van der Waals surface area (Å²) in [6, 6.07) is 6.96. The third-order valence-electron chi connectivity index (χ3n) is 3.46. The molecule has 0 fully saturated rings. The van der Waals surface area contributed by atoms with Crippen LogP contribution in [0, 0.1) is 5.41 Å². The smallest absolute Gasteiger partial charge is 0.0440 e. The van der Waals surface area contributed by atoms with E-state index in [0.29, 0.717) is 5.41 Å². The quantitative estimate of drug-likeness (QED) is 0.736. The monoisotopic (exact) mass is 243 g/mol. The second-order valence-corrected chi connectivity index (χ2v) is 6.69. The van der Waals surface area contributed by atoms with Gasteiger partial charge in [0.1, 0.15) is 0 Å². The fourth-order valence-corrected chi connectivity index (χ4v) is 2.77. The number of hydrogen-bond donors (Lipinski definition) is 0. The molecule has 0 aliphatic carbocycles. The summed E-state index contributed by atoms with van der Waals surface area (Å²) < 4.78 is 0. The number of hydrogen-bond acceptors (Lipinski definition) is 1. The van der Waals surface area contributed by atoms with E-state index in [-0.39, 0.29) is 0 Å². The van der Waals surface area contributed by atoms with E-state index in [1.807, 2.05) is 0 Å². The van der Waals surface area contributed by atoms with Gasteiger partial charge in [-0.15, -0.1) is 0 Å². The number of allylic oxidation sites excluding steroid dienone is 1. The first kappa shape index (κ1) is 13.2. The number of rotatable bonds is 2. The maximum Gasteiger partial charge on any atom is 0.0440 e. The molecular weight excluding hydrogens is 218 g/mol. The van der Waals surface area contributed by atoms with Gasteiger partial charge in [-0.05, 0) is 48.8 Å². The number of fused-ring (bicyclic) bond motifs is 1. The molecule has 0 saturated heterocycles. The molecule has 0 atom stereocenters. The molecule has 18 heavy (non-hydrogen) atoms. The van der Waals surface area contributed by atoms with E-state index in [9.17, 15) is 0 Å². The Bertz CT molecular complexity index is 451. The summed E-state index contributed by atoms with van der Waals surface area (Å²) >= 11 is 0. The van der Waals surface area contributed by atoms with Crippen LogP contribution >= 0.6 is 0 Å². The molecule has 1 aromatic carbocycles. The first-order chi connectivity index (χ1) is 8.37. The Kier molecular flexibility index (Phi) is 3.52. The predicted molar refractivity (Wildman–Crippen MR) is 80.1 cm³/mol. The van der Waals surface area contributed by atoms with Crippen LogP contribution in [0.15, 0.2) is 30.5 Å². The average Bonchev–Trinajstić information content (AvgIpc) is 2.25. The van der Waals surface area contributed by atoms with Crippen LogP contribution in [0.1, 0.15) is 45.2 Å². The van der Waals surface area contributed by atoms with Crippen LogP contribution in [-0.2, 0) is 12.8 Å². The SMILES string of the molecule is C=C(C)N1CCCc2cc(CC(C)(C)C)ccc21. The Hall–Kier alpha value is -1.24. The van der Waals surface area contributed by atoms with Gasteiger partial charge in [-0.25, -0.2) is 0 Å². The van der Waals surface area contributed by atoms with Crippen molar-refractivity contribution in [2.75, 3.05) is 11.4 Å². The van der Waals surface area contributed by atoms with E-state index < -0.39 is 0 Å². The van der Waals surface area contributed by atoms with Gasteiger partial charge in [0.05, 0.1) is 0 Å². The lowest BCUT2D eigenvalue weighted by atomic mass is 9.86. The summed E-state index contributed by atoms with van der Waals surface area (Å²) in [6.45, 7) is 14.2. The third kappa shape index (κ3) is 2.95. The van der Waals surface area contributed by atoms with Crippen molar-refractivity contribution >= 4 is 5.69 Å². The van der Waals surface area contributed by atoms with E-state index in [2.05, 4.69) is 57.4 Å². The normalized spacial score (nSPS) is 15.4. The highest BCUT2D eigenvalue weighted by Crippen LogP contribution is 2.32. The molecule has 1 aromatic rings. The van der Waals surface area contributed by atoms with Crippen LogP contribution in [-0.4, -0.2) is 6.54 Å². The minimum absolute atomic E-state index is 0.358. The van der Waals surface area contributed by atoms with Crippen LogP contribution in [0.3, 0.4) is 0 Å². The fourth-order valence-electron chi connectivity index (χ4n) is 2.77. The highest BCUT2D eigenvalue weighted by molar-refractivity contribution is 5.60. The molecule has 0 aromatic heterocycles. The molecule has 1 heterocycles. The van der Waals surface area contributed by atoms with Crippen LogP contribution in [0.25, 0.3) is 0 Å². The van der Waals surface area contributed by atoms with Crippen LogP contribution < -0.4 is 4.90 Å². The Labute approximate surface area is 112 Å². The molecule has 1 aliphatic heterocycles. The van der Waals surface area contributed by atoms with Crippen molar-refractivity contribution in [3.8, 4) is 0 Å². The van der Waals surface area contributed by atoms with Gasteiger partial charge in [0.25, 0.3) is 0 Å². The Balaban J connectivity index is 2.30. The lowest BCUT2D eigenvalue weighted by Crippen LogP contribution is -2.27. The average molecular weight is 243 g/mol. The van der Waals surface area contributed by atoms with Gasteiger partial charge in [-0.1, -0.05) is 39.5 Å². The molecule has 0 amide bonds. The number of aryl methyl sites for hydroxylation is 1. The van der Waals surface area contributed by atoms with Crippen molar-refractivity contribution in [2.24, 2.45) is 5.41 Å². The van der Waals surface area contributed by atoms with Crippen LogP contribution in [0.4, 0.5) is 5.69 Å². The van der Waals surface area contributed by atoms with E-state index in [1.165, 1.54) is 29.7 Å². The Morgan fingerprint density at radius 3 is 2.67 bits per heavy atom. The first-order valence-corrected chi connectivity index (χ1v) is 6.92. The van der Waals surface area contributed by atoms with Gasteiger partial charge < -0.3 is 4.90 Å². The van der Waals surface area contributed by atoms with Gasteiger partial charge in [0.15, 0.2) is 0 Å². The first-order valence-electron chi connectivity index (χ1n) is 6.92. The zero-order valence-corrected chi connectivity index (χ0v) is 12.2. The minimum atomic E-state index is 0.358. The molecule has 0 saturated carbocycles. The standard InChI is InChI=1S/C17H25N/c1-13(2)18-10-6-7-15-11-14(8-9-16(15)18)12-17(3,4)5/h8-9,11H,1,6-7,10,12H2,2-5H3. The molecule has 1 aliphatic rings. The molecule has 1 nitrogen and oxygen atoms in total. The summed E-state index contributed by atoms with van der Waals surface area (Å²) in [5.74, 6) is 0. The maximum atomic E-state index is 4.09. The van der Waals surface area contributed by atoms with Crippen molar-refractivity contribution in [2.45, 2.75) is 47.0 Å². The lowest BCUT2D eigenvalue weighted by Gasteiger charge is -2.32. The predicted octanol–water partition coefficient (Wildman–Crippen LogP) is 4.56. The Morgan fingerprint density at radius 1 is 1.33 bits per heavy atom. The van der Waals surface area contributed by atoms with Crippen LogP contribution in [0.5, 0.6) is 0 Å². The van der Waals surface area contributed by atoms with Gasteiger partial charge in [-0.2, -0.15) is 0 Å². The summed E-state index contributed by atoms with van der Waals surface area (Å²) in [5, 5.41) is 0. The van der Waals surface area contributed by atoms with Gasteiger partial charge in [0.2, 0.25) is 0 Å². The van der Waals surface area contributed by atoms with Crippen LogP contribution in [0.2, 0.25) is 0 Å².